The van der Waals surface area contributed by atoms with E-state index in [-0.39, 0.29) is 5.41 Å². The normalized spacial score (nSPS) is 22.9. The molecular formula is C16H21N3O. The van der Waals surface area contributed by atoms with E-state index in [0.717, 1.165) is 44.1 Å². The molecule has 1 aliphatic rings. The van der Waals surface area contributed by atoms with Crippen molar-refractivity contribution < 1.29 is 4.52 Å². The highest BCUT2D eigenvalue weighted by Crippen LogP contribution is 2.29. The minimum Gasteiger partial charge on any atom is -0.339 e. The van der Waals surface area contributed by atoms with Crippen LogP contribution in [0.15, 0.2) is 28.8 Å². The number of piperidine rings is 1. The predicted molar refractivity (Wildman–Crippen MR) is 77.7 cm³/mol. The smallest absolute Gasteiger partial charge is 0.233 e. The van der Waals surface area contributed by atoms with Gasteiger partial charge in [0.25, 0.3) is 0 Å². The summed E-state index contributed by atoms with van der Waals surface area (Å²) in [6.45, 7) is 6.31. The average molecular weight is 271 g/mol. The molecule has 1 N–H and O–H groups in total. The van der Waals surface area contributed by atoms with Crippen LogP contribution in [0.3, 0.4) is 0 Å². The van der Waals surface area contributed by atoms with E-state index in [0.29, 0.717) is 0 Å². The lowest BCUT2D eigenvalue weighted by Crippen LogP contribution is -2.41. The molecule has 1 saturated heterocycles. The maximum Gasteiger partial charge on any atom is 0.233 e. The first-order valence-electron chi connectivity index (χ1n) is 7.26. The van der Waals surface area contributed by atoms with Crippen molar-refractivity contribution in [2.24, 2.45) is 0 Å². The van der Waals surface area contributed by atoms with Gasteiger partial charge in [0.15, 0.2) is 5.82 Å². The Morgan fingerprint density at radius 3 is 2.95 bits per heavy atom. The summed E-state index contributed by atoms with van der Waals surface area (Å²) in [4.78, 5) is 4.62. The highest BCUT2D eigenvalue weighted by Gasteiger charge is 2.34. The first kappa shape index (κ1) is 13.3. The van der Waals surface area contributed by atoms with Crippen molar-refractivity contribution in [2.45, 2.75) is 38.5 Å². The lowest BCUT2D eigenvalue weighted by atomic mass is 9.83. The van der Waals surface area contributed by atoms with E-state index >= 15 is 0 Å². The van der Waals surface area contributed by atoms with Gasteiger partial charge in [-0.15, -0.1) is 0 Å². The van der Waals surface area contributed by atoms with E-state index in [1.54, 1.807) is 0 Å². The zero-order chi connectivity index (χ0) is 14.0. The van der Waals surface area contributed by atoms with Crippen LogP contribution in [0.1, 0.15) is 42.6 Å². The number of rotatable bonds is 3. The molecule has 4 heteroatoms. The summed E-state index contributed by atoms with van der Waals surface area (Å²) in [7, 11) is 0. The first-order valence-corrected chi connectivity index (χ1v) is 7.26. The van der Waals surface area contributed by atoms with Crippen LogP contribution in [0.2, 0.25) is 0 Å². The minimum atomic E-state index is -0.0186. The molecule has 4 nitrogen and oxygen atoms in total. The Morgan fingerprint density at radius 1 is 1.35 bits per heavy atom. The fourth-order valence-corrected chi connectivity index (χ4v) is 2.79. The highest BCUT2D eigenvalue weighted by molar-refractivity contribution is 5.28. The second kappa shape index (κ2) is 5.37. The van der Waals surface area contributed by atoms with Crippen molar-refractivity contribution in [3.8, 4) is 0 Å². The van der Waals surface area contributed by atoms with Crippen LogP contribution < -0.4 is 5.32 Å². The summed E-state index contributed by atoms with van der Waals surface area (Å²) in [5, 5.41) is 7.57. The molecule has 3 rings (SSSR count). The van der Waals surface area contributed by atoms with Crippen LogP contribution in [0.25, 0.3) is 0 Å². The van der Waals surface area contributed by atoms with Gasteiger partial charge in [0.05, 0.1) is 5.41 Å². The van der Waals surface area contributed by atoms with Crippen molar-refractivity contribution in [3.63, 3.8) is 0 Å². The molecule has 20 heavy (non-hydrogen) atoms. The number of hydrogen-bond acceptors (Lipinski definition) is 4. The topological polar surface area (TPSA) is 51.0 Å². The summed E-state index contributed by atoms with van der Waals surface area (Å²) in [5.41, 5.74) is 2.51. The number of aromatic nitrogens is 2. The number of hydrogen-bond donors (Lipinski definition) is 1. The summed E-state index contributed by atoms with van der Waals surface area (Å²) in [6.07, 6.45) is 3.00. The van der Waals surface area contributed by atoms with E-state index in [1.165, 1.54) is 11.1 Å². The van der Waals surface area contributed by atoms with Crippen LogP contribution in [0.4, 0.5) is 0 Å². The molecule has 1 aromatic carbocycles. The van der Waals surface area contributed by atoms with Gasteiger partial charge in [-0.1, -0.05) is 29.4 Å². The largest absolute Gasteiger partial charge is 0.339 e. The number of nitrogens with zero attached hydrogens (tertiary/aromatic N) is 2. The number of benzene rings is 1. The maximum atomic E-state index is 5.52. The van der Waals surface area contributed by atoms with Gasteiger partial charge >= 0.3 is 0 Å². The molecule has 1 aliphatic heterocycles. The summed E-state index contributed by atoms with van der Waals surface area (Å²) < 4.78 is 5.52. The third-order valence-corrected chi connectivity index (χ3v) is 4.19. The second-order valence-corrected chi connectivity index (χ2v) is 5.96. The van der Waals surface area contributed by atoms with Gasteiger partial charge in [-0.3, -0.25) is 0 Å². The highest BCUT2D eigenvalue weighted by atomic mass is 16.5. The van der Waals surface area contributed by atoms with Crippen molar-refractivity contribution in [3.05, 3.63) is 47.1 Å². The lowest BCUT2D eigenvalue weighted by molar-refractivity contribution is 0.245. The van der Waals surface area contributed by atoms with Gasteiger partial charge in [-0.25, -0.2) is 0 Å². The number of nitrogens with one attached hydrogen (secondary N) is 1. The van der Waals surface area contributed by atoms with E-state index in [9.17, 15) is 0 Å². The predicted octanol–water partition coefficient (Wildman–Crippen LogP) is 2.61. The first-order chi connectivity index (χ1) is 9.67. The monoisotopic (exact) mass is 271 g/mol. The fraction of sp³-hybridized carbons (Fsp3) is 0.500. The SMILES string of the molecule is Cc1ccccc1Cc1noc(C2(C)CCCNC2)n1. The molecule has 2 heterocycles. The lowest BCUT2D eigenvalue weighted by Gasteiger charge is -2.30. The van der Waals surface area contributed by atoms with Crippen LogP contribution in [0, 0.1) is 6.92 Å². The van der Waals surface area contributed by atoms with Gasteiger partial charge in [0, 0.05) is 13.0 Å². The van der Waals surface area contributed by atoms with Gasteiger partial charge in [0.2, 0.25) is 5.89 Å². The fourth-order valence-electron chi connectivity index (χ4n) is 2.79. The van der Waals surface area contributed by atoms with Crippen LogP contribution in [-0.4, -0.2) is 23.2 Å². The number of aryl methyl sites for hydroxylation is 1. The minimum absolute atomic E-state index is 0.0186. The molecule has 0 spiro atoms. The molecule has 0 radical (unpaired) electrons. The molecule has 1 aromatic heterocycles. The Morgan fingerprint density at radius 2 is 2.20 bits per heavy atom. The van der Waals surface area contributed by atoms with Crippen LogP contribution >= 0.6 is 0 Å². The van der Waals surface area contributed by atoms with Gasteiger partial charge in [-0.2, -0.15) is 4.98 Å². The van der Waals surface area contributed by atoms with E-state index in [4.69, 9.17) is 4.52 Å². The Bertz CT molecular complexity index is 585. The average Bonchev–Trinajstić information content (AvgIpc) is 2.92. The molecule has 2 aromatic rings. The third kappa shape index (κ3) is 2.61. The Kier molecular flexibility index (Phi) is 3.57. The second-order valence-electron chi connectivity index (χ2n) is 5.96. The van der Waals surface area contributed by atoms with Gasteiger partial charge in [-0.05, 0) is 44.4 Å². The van der Waals surface area contributed by atoms with Gasteiger partial charge < -0.3 is 9.84 Å². The molecule has 0 bridgehead atoms. The quantitative estimate of drug-likeness (QED) is 0.932. The van der Waals surface area contributed by atoms with Gasteiger partial charge in [0.1, 0.15) is 0 Å². The third-order valence-electron chi connectivity index (χ3n) is 4.19. The van der Waals surface area contributed by atoms with E-state index < -0.39 is 0 Å². The van der Waals surface area contributed by atoms with Crippen molar-refractivity contribution in [2.75, 3.05) is 13.1 Å². The molecule has 106 valence electrons. The summed E-state index contributed by atoms with van der Waals surface area (Å²) >= 11 is 0. The van der Waals surface area contributed by atoms with Crippen molar-refractivity contribution in [1.82, 2.24) is 15.5 Å². The molecular weight excluding hydrogens is 250 g/mol. The van der Waals surface area contributed by atoms with E-state index in [1.807, 2.05) is 0 Å². The van der Waals surface area contributed by atoms with Crippen molar-refractivity contribution in [1.29, 1.82) is 0 Å². The van der Waals surface area contributed by atoms with Crippen molar-refractivity contribution >= 4 is 0 Å². The molecule has 1 atom stereocenters. The molecule has 1 unspecified atom stereocenters. The zero-order valence-corrected chi connectivity index (χ0v) is 12.1. The Hall–Kier alpha value is -1.68. The Labute approximate surface area is 119 Å². The summed E-state index contributed by atoms with van der Waals surface area (Å²) in [6, 6.07) is 8.34. The van der Waals surface area contributed by atoms with Crippen LogP contribution in [-0.2, 0) is 11.8 Å². The Balaban J connectivity index is 1.78. The standard InChI is InChI=1S/C16H21N3O/c1-12-6-3-4-7-13(12)10-14-18-15(20-19-14)16(2)8-5-9-17-11-16/h3-4,6-7,17H,5,8-11H2,1-2H3. The zero-order valence-electron chi connectivity index (χ0n) is 12.1. The molecule has 1 fully saturated rings. The molecule has 0 saturated carbocycles. The molecule has 0 aliphatic carbocycles. The van der Waals surface area contributed by atoms with Crippen LogP contribution in [0.5, 0.6) is 0 Å². The molecule has 0 amide bonds. The van der Waals surface area contributed by atoms with E-state index in [2.05, 4.69) is 53.6 Å². The maximum absolute atomic E-state index is 5.52. The summed E-state index contributed by atoms with van der Waals surface area (Å²) in [5.74, 6) is 1.55.